The van der Waals surface area contributed by atoms with Gasteiger partial charge in [0.15, 0.2) is 0 Å². The molecular weight excluding hydrogens is 280 g/mol. The average molecular weight is 297 g/mol. The van der Waals surface area contributed by atoms with Gasteiger partial charge < -0.3 is 5.73 Å². The molecule has 7 heteroatoms. The van der Waals surface area contributed by atoms with Gasteiger partial charge in [0.2, 0.25) is 10.0 Å². The molecule has 1 atom stereocenters. The smallest absolute Gasteiger partial charge is 0.250 e. The molecule has 0 spiro atoms. The molecule has 0 amide bonds. The Hall–Kier alpha value is -0.140. The lowest BCUT2D eigenvalue weighted by atomic mass is 10.2. The fourth-order valence-corrected chi connectivity index (χ4v) is 3.93. The number of thiophene rings is 1. The molecule has 1 fully saturated rings. The molecule has 98 valence electrons. The van der Waals surface area contributed by atoms with E-state index in [-0.39, 0.29) is 18.4 Å². The van der Waals surface area contributed by atoms with Crippen molar-refractivity contribution in [3.8, 4) is 0 Å². The van der Waals surface area contributed by atoms with Gasteiger partial charge in [0.05, 0.1) is 0 Å². The summed E-state index contributed by atoms with van der Waals surface area (Å²) in [6.07, 6.45) is 2.25. The maximum Gasteiger partial charge on any atom is 0.250 e. The van der Waals surface area contributed by atoms with E-state index in [2.05, 4.69) is 4.72 Å². The van der Waals surface area contributed by atoms with Crippen LogP contribution in [0.25, 0.3) is 0 Å². The third-order valence-corrected chi connectivity index (χ3v) is 5.63. The topological polar surface area (TPSA) is 72.2 Å². The van der Waals surface area contributed by atoms with E-state index in [9.17, 15) is 8.42 Å². The fourth-order valence-electron chi connectivity index (χ4n) is 1.52. The second-order valence-corrected chi connectivity index (χ2v) is 7.50. The fraction of sp³-hybridized carbons (Fsp3) is 0.600. The summed E-state index contributed by atoms with van der Waals surface area (Å²) >= 11 is 1.28. The highest BCUT2D eigenvalue weighted by atomic mass is 35.5. The SMILES string of the molecule is Cc1ccc(S(=O)(=O)NCC(N)C2CC2)s1.Cl. The minimum Gasteiger partial charge on any atom is -0.326 e. The zero-order chi connectivity index (χ0) is 11.8. The first-order chi connectivity index (χ1) is 7.49. The van der Waals surface area contributed by atoms with Crippen LogP contribution < -0.4 is 10.5 Å². The van der Waals surface area contributed by atoms with Crippen molar-refractivity contribution in [1.29, 1.82) is 0 Å². The monoisotopic (exact) mass is 296 g/mol. The van der Waals surface area contributed by atoms with Gasteiger partial charge in [-0.25, -0.2) is 13.1 Å². The van der Waals surface area contributed by atoms with Crippen molar-refractivity contribution in [1.82, 2.24) is 4.72 Å². The first-order valence-electron chi connectivity index (χ1n) is 5.31. The summed E-state index contributed by atoms with van der Waals surface area (Å²) in [5, 5.41) is 0. The molecule has 1 aromatic rings. The highest BCUT2D eigenvalue weighted by molar-refractivity contribution is 7.91. The van der Waals surface area contributed by atoms with Gasteiger partial charge in [-0.05, 0) is 37.8 Å². The largest absolute Gasteiger partial charge is 0.326 e. The molecule has 2 rings (SSSR count). The number of hydrogen-bond donors (Lipinski definition) is 2. The Kier molecular flexibility index (Phi) is 4.97. The Bertz CT molecular complexity index is 468. The minimum absolute atomic E-state index is 0. The molecule has 1 heterocycles. The number of nitrogens with two attached hydrogens (primary N) is 1. The van der Waals surface area contributed by atoms with Crippen molar-refractivity contribution >= 4 is 33.8 Å². The van der Waals surface area contributed by atoms with Gasteiger partial charge in [0.1, 0.15) is 4.21 Å². The first-order valence-corrected chi connectivity index (χ1v) is 7.61. The average Bonchev–Trinajstić information content (AvgIpc) is 2.98. The molecule has 0 radical (unpaired) electrons. The number of rotatable bonds is 5. The lowest BCUT2D eigenvalue weighted by Gasteiger charge is -2.10. The lowest BCUT2D eigenvalue weighted by molar-refractivity contribution is 0.549. The van der Waals surface area contributed by atoms with Crippen LogP contribution in [0.2, 0.25) is 0 Å². The Balaban J connectivity index is 0.00000144. The molecule has 0 saturated heterocycles. The van der Waals surface area contributed by atoms with E-state index >= 15 is 0 Å². The molecule has 4 nitrogen and oxygen atoms in total. The first kappa shape index (κ1) is 14.9. The second kappa shape index (κ2) is 5.67. The van der Waals surface area contributed by atoms with Crippen LogP contribution in [-0.2, 0) is 10.0 Å². The lowest BCUT2D eigenvalue weighted by Crippen LogP contribution is -2.38. The van der Waals surface area contributed by atoms with Crippen LogP contribution in [0.1, 0.15) is 17.7 Å². The Labute approximate surface area is 112 Å². The number of aryl methyl sites for hydroxylation is 1. The Morgan fingerprint density at radius 2 is 2.18 bits per heavy atom. The number of halogens is 1. The standard InChI is InChI=1S/C10H16N2O2S2.ClH/c1-7-2-5-10(15-7)16(13,14)12-6-9(11)8-3-4-8;/h2,5,8-9,12H,3-4,6,11H2,1H3;1H. The van der Waals surface area contributed by atoms with E-state index in [1.165, 1.54) is 11.3 Å². The van der Waals surface area contributed by atoms with Crippen molar-refractivity contribution < 1.29 is 8.42 Å². The maximum absolute atomic E-state index is 11.8. The van der Waals surface area contributed by atoms with Gasteiger partial charge in [-0.1, -0.05) is 0 Å². The van der Waals surface area contributed by atoms with Gasteiger partial charge in [-0.15, -0.1) is 23.7 Å². The number of nitrogens with one attached hydrogen (secondary N) is 1. The molecule has 0 aromatic carbocycles. The molecule has 0 bridgehead atoms. The van der Waals surface area contributed by atoms with Gasteiger partial charge in [-0.2, -0.15) is 0 Å². The zero-order valence-corrected chi connectivity index (χ0v) is 12.0. The van der Waals surface area contributed by atoms with Crippen LogP contribution in [0.5, 0.6) is 0 Å². The molecule has 1 aliphatic carbocycles. The predicted octanol–water partition coefficient (Wildman–Crippen LogP) is 1.49. The molecule has 1 unspecified atom stereocenters. The Morgan fingerprint density at radius 3 is 2.65 bits per heavy atom. The molecule has 3 N–H and O–H groups in total. The third-order valence-electron chi connectivity index (χ3n) is 2.72. The molecular formula is C10H17ClN2O2S2. The number of sulfonamides is 1. The van der Waals surface area contributed by atoms with E-state index in [1.807, 2.05) is 6.92 Å². The summed E-state index contributed by atoms with van der Waals surface area (Å²) in [6.45, 7) is 2.23. The van der Waals surface area contributed by atoms with Crippen LogP contribution >= 0.6 is 23.7 Å². The summed E-state index contributed by atoms with van der Waals surface area (Å²) in [5.41, 5.74) is 5.85. The van der Waals surface area contributed by atoms with E-state index < -0.39 is 10.0 Å². The normalized spacial score (nSPS) is 17.5. The van der Waals surface area contributed by atoms with Crippen molar-refractivity contribution in [2.45, 2.75) is 30.0 Å². The summed E-state index contributed by atoms with van der Waals surface area (Å²) < 4.78 is 26.6. The highest BCUT2D eigenvalue weighted by Crippen LogP contribution is 2.31. The van der Waals surface area contributed by atoms with Gasteiger partial charge in [-0.3, -0.25) is 0 Å². The van der Waals surface area contributed by atoms with E-state index in [0.717, 1.165) is 17.7 Å². The van der Waals surface area contributed by atoms with Gasteiger partial charge >= 0.3 is 0 Å². The van der Waals surface area contributed by atoms with Gasteiger partial charge in [0.25, 0.3) is 0 Å². The highest BCUT2D eigenvalue weighted by Gasteiger charge is 2.29. The van der Waals surface area contributed by atoms with Crippen LogP contribution in [0.3, 0.4) is 0 Å². The van der Waals surface area contributed by atoms with E-state index in [1.54, 1.807) is 12.1 Å². The quantitative estimate of drug-likeness (QED) is 0.865. The molecule has 1 aliphatic rings. The molecule has 1 aromatic heterocycles. The zero-order valence-electron chi connectivity index (χ0n) is 9.55. The Morgan fingerprint density at radius 1 is 1.53 bits per heavy atom. The van der Waals surface area contributed by atoms with E-state index in [0.29, 0.717) is 16.7 Å². The second-order valence-electron chi connectivity index (χ2n) is 4.22. The summed E-state index contributed by atoms with van der Waals surface area (Å²) in [6, 6.07) is 3.39. The van der Waals surface area contributed by atoms with Crippen LogP contribution in [-0.4, -0.2) is 21.0 Å². The third kappa shape index (κ3) is 3.93. The van der Waals surface area contributed by atoms with Crippen molar-refractivity contribution in [3.05, 3.63) is 17.0 Å². The summed E-state index contributed by atoms with van der Waals surface area (Å²) in [5.74, 6) is 0.507. The van der Waals surface area contributed by atoms with Crippen molar-refractivity contribution in [2.75, 3.05) is 6.54 Å². The molecule has 1 saturated carbocycles. The van der Waals surface area contributed by atoms with Gasteiger partial charge in [0, 0.05) is 17.5 Å². The van der Waals surface area contributed by atoms with Crippen LogP contribution in [0.15, 0.2) is 16.3 Å². The van der Waals surface area contributed by atoms with Crippen LogP contribution in [0.4, 0.5) is 0 Å². The predicted molar refractivity (Wildman–Crippen MR) is 72.2 cm³/mol. The molecule has 0 aliphatic heterocycles. The maximum atomic E-state index is 11.8. The minimum atomic E-state index is -3.35. The van der Waals surface area contributed by atoms with Crippen LogP contribution in [0, 0.1) is 12.8 Å². The van der Waals surface area contributed by atoms with Crippen molar-refractivity contribution in [2.24, 2.45) is 11.7 Å². The van der Waals surface area contributed by atoms with E-state index in [4.69, 9.17) is 5.73 Å². The molecule has 17 heavy (non-hydrogen) atoms. The summed E-state index contributed by atoms with van der Waals surface area (Å²) in [7, 11) is -3.35. The van der Waals surface area contributed by atoms with Crippen molar-refractivity contribution in [3.63, 3.8) is 0 Å². The number of hydrogen-bond acceptors (Lipinski definition) is 4. The summed E-state index contributed by atoms with van der Waals surface area (Å²) in [4.78, 5) is 0.992.